The van der Waals surface area contributed by atoms with Crippen molar-refractivity contribution < 1.29 is 21.6 Å². The van der Waals surface area contributed by atoms with Crippen LogP contribution in [-0.2, 0) is 16.2 Å². The van der Waals surface area contributed by atoms with Crippen LogP contribution >= 0.6 is 34.8 Å². The van der Waals surface area contributed by atoms with E-state index in [-0.39, 0.29) is 20.0 Å². The quantitative estimate of drug-likeness (QED) is 0.687. The number of benzene rings is 2. The van der Waals surface area contributed by atoms with Crippen molar-refractivity contribution in [3.8, 4) is 0 Å². The molecule has 0 atom stereocenters. The number of hydrogen-bond acceptors (Lipinski definition) is 2. The molecule has 10 heteroatoms. The second kappa shape index (κ2) is 6.63. The Morgan fingerprint density at radius 1 is 0.958 bits per heavy atom. The van der Waals surface area contributed by atoms with Crippen molar-refractivity contribution in [1.82, 2.24) is 0 Å². The number of rotatable bonds is 3. The maximum atomic E-state index is 12.8. The second-order valence-corrected chi connectivity index (χ2v) is 7.70. The Morgan fingerprint density at radius 3 is 2.17 bits per heavy atom. The molecule has 0 radical (unpaired) electrons. The van der Waals surface area contributed by atoms with Crippen molar-refractivity contribution in [2.45, 2.75) is 18.0 Å². The number of aryl methyl sites for hydroxylation is 1. The monoisotopic (exact) mass is 417 g/mol. The van der Waals surface area contributed by atoms with Crippen LogP contribution in [0.25, 0.3) is 0 Å². The van der Waals surface area contributed by atoms with Crippen LogP contribution in [0, 0.1) is 6.92 Å². The van der Waals surface area contributed by atoms with E-state index in [0.29, 0.717) is 11.6 Å². The molecule has 0 saturated heterocycles. The SMILES string of the molecule is Cc1cc(S(=O)(=O)Nc2cc(C(F)(F)F)ccc2Cl)c(Cl)cc1Cl. The molecule has 3 nitrogen and oxygen atoms in total. The van der Waals surface area contributed by atoms with Crippen molar-refractivity contribution in [2.24, 2.45) is 0 Å². The van der Waals surface area contributed by atoms with Crippen molar-refractivity contribution in [1.29, 1.82) is 0 Å². The van der Waals surface area contributed by atoms with Crippen molar-refractivity contribution in [3.63, 3.8) is 0 Å². The molecule has 24 heavy (non-hydrogen) atoms. The molecule has 0 amide bonds. The molecular formula is C14H9Cl3F3NO2S. The van der Waals surface area contributed by atoms with E-state index in [9.17, 15) is 21.6 Å². The first kappa shape index (κ1) is 19.2. The van der Waals surface area contributed by atoms with Gasteiger partial charge in [0.15, 0.2) is 0 Å². The number of halogens is 6. The highest BCUT2D eigenvalue weighted by Crippen LogP contribution is 2.35. The molecule has 0 aliphatic heterocycles. The molecule has 0 saturated carbocycles. The number of hydrogen-bond donors (Lipinski definition) is 1. The van der Waals surface area contributed by atoms with Gasteiger partial charge >= 0.3 is 6.18 Å². The fourth-order valence-electron chi connectivity index (χ4n) is 1.82. The Kier molecular flexibility index (Phi) is 5.30. The molecular weight excluding hydrogens is 410 g/mol. The molecule has 0 fully saturated rings. The first-order chi connectivity index (χ1) is 10.9. The van der Waals surface area contributed by atoms with E-state index >= 15 is 0 Å². The number of alkyl halides is 3. The zero-order valence-corrected chi connectivity index (χ0v) is 15.0. The van der Waals surface area contributed by atoms with E-state index in [2.05, 4.69) is 0 Å². The maximum Gasteiger partial charge on any atom is 0.416 e. The topological polar surface area (TPSA) is 46.2 Å². The average molecular weight is 419 g/mol. The first-order valence-electron chi connectivity index (χ1n) is 6.27. The van der Waals surface area contributed by atoms with Crippen LogP contribution in [0.3, 0.4) is 0 Å². The largest absolute Gasteiger partial charge is 0.416 e. The molecule has 0 bridgehead atoms. The van der Waals surface area contributed by atoms with Crippen LogP contribution < -0.4 is 4.72 Å². The van der Waals surface area contributed by atoms with Gasteiger partial charge in [-0.1, -0.05) is 34.8 Å². The summed E-state index contributed by atoms with van der Waals surface area (Å²) in [5.74, 6) is 0. The van der Waals surface area contributed by atoms with Crippen LogP contribution in [0.4, 0.5) is 18.9 Å². The standard InChI is InChI=1S/C14H9Cl3F3NO2S/c1-7-4-13(11(17)6-10(7)16)24(22,23)21-12-5-8(14(18,19)20)2-3-9(12)15/h2-6,21H,1H3. The summed E-state index contributed by atoms with van der Waals surface area (Å²) in [5, 5.41) is -0.0920. The normalized spacial score (nSPS) is 12.3. The molecule has 0 aliphatic carbocycles. The van der Waals surface area contributed by atoms with Gasteiger partial charge in [0.2, 0.25) is 0 Å². The smallest absolute Gasteiger partial charge is 0.278 e. The van der Waals surface area contributed by atoms with Crippen molar-refractivity contribution >= 4 is 50.5 Å². The molecule has 0 aliphatic rings. The molecule has 2 rings (SSSR count). The summed E-state index contributed by atoms with van der Waals surface area (Å²) in [7, 11) is -4.26. The fourth-order valence-corrected chi connectivity index (χ4v) is 3.94. The lowest BCUT2D eigenvalue weighted by Crippen LogP contribution is -2.15. The van der Waals surface area contributed by atoms with Gasteiger partial charge in [-0.15, -0.1) is 0 Å². The second-order valence-electron chi connectivity index (χ2n) is 4.83. The van der Waals surface area contributed by atoms with E-state index in [1.807, 2.05) is 4.72 Å². The molecule has 0 unspecified atom stereocenters. The third kappa shape index (κ3) is 4.08. The van der Waals surface area contributed by atoms with Gasteiger partial charge in [0.1, 0.15) is 4.90 Å². The molecule has 0 heterocycles. The molecule has 1 N–H and O–H groups in total. The van der Waals surface area contributed by atoms with E-state index in [1.54, 1.807) is 6.92 Å². The summed E-state index contributed by atoms with van der Waals surface area (Å²) in [6.07, 6.45) is -4.64. The predicted octanol–water partition coefficient (Wildman–Crippen LogP) is 5.77. The third-order valence-electron chi connectivity index (χ3n) is 3.04. The Hall–Kier alpha value is -1.15. The highest BCUT2D eigenvalue weighted by atomic mass is 35.5. The molecule has 0 spiro atoms. The average Bonchev–Trinajstić information content (AvgIpc) is 2.43. The molecule has 0 aromatic heterocycles. The summed E-state index contributed by atoms with van der Waals surface area (Å²) in [6.45, 7) is 1.56. The lowest BCUT2D eigenvalue weighted by atomic mass is 10.2. The minimum atomic E-state index is -4.64. The Balaban J connectivity index is 2.49. The summed E-state index contributed by atoms with van der Waals surface area (Å²) in [4.78, 5) is -0.320. The van der Waals surface area contributed by atoms with Gasteiger partial charge in [0.05, 0.1) is 21.3 Å². The van der Waals surface area contributed by atoms with Crippen LogP contribution in [0.5, 0.6) is 0 Å². The summed E-state index contributed by atoms with van der Waals surface area (Å²) in [5.41, 5.74) is -1.00. The maximum absolute atomic E-state index is 12.8. The van der Waals surface area contributed by atoms with Gasteiger partial charge in [-0.05, 0) is 42.8 Å². The number of nitrogens with one attached hydrogen (secondary N) is 1. The highest BCUT2D eigenvalue weighted by Gasteiger charge is 2.31. The zero-order valence-electron chi connectivity index (χ0n) is 11.9. The minimum Gasteiger partial charge on any atom is -0.278 e. The van der Waals surface area contributed by atoms with Crippen LogP contribution in [-0.4, -0.2) is 8.42 Å². The Labute approximate surface area is 151 Å². The van der Waals surface area contributed by atoms with Gasteiger partial charge in [0.25, 0.3) is 10.0 Å². The highest BCUT2D eigenvalue weighted by molar-refractivity contribution is 7.92. The van der Waals surface area contributed by atoms with Crippen LogP contribution in [0.1, 0.15) is 11.1 Å². The van der Waals surface area contributed by atoms with Crippen LogP contribution in [0.2, 0.25) is 15.1 Å². The first-order valence-corrected chi connectivity index (χ1v) is 8.89. The van der Waals surface area contributed by atoms with Gasteiger partial charge in [-0.3, -0.25) is 4.72 Å². The lowest BCUT2D eigenvalue weighted by Gasteiger charge is -2.14. The number of anilines is 1. The lowest BCUT2D eigenvalue weighted by molar-refractivity contribution is -0.137. The summed E-state index contributed by atoms with van der Waals surface area (Å²) >= 11 is 17.5. The fraction of sp³-hybridized carbons (Fsp3) is 0.143. The minimum absolute atomic E-state index is 0.166. The molecule has 2 aromatic carbocycles. The predicted molar refractivity (Wildman–Crippen MR) is 88.5 cm³/mol. The van der Waals surface area contributed by atoms with Crippen LogP contribution in [0.15, 0.2) is 35.2 Å². The Morgan fingerprint density at radius 2 is 1.58 bits per heavy atom. The van der Waals surface area contributed by atoms with E-state index in [0.717, 1.165) is 12.1 Å². The van der Waals surface area contributed by atoms with E-state index in [4.69, 9.17) is 34.8 Å². The van der Waals surface area contributed by atoms with Gasteiger partial charge in [-0.25, -0.2) is 8.42 Å². The Bertz CT molecular complexity index is 899. The molecule has 130 valence electrons. The third-order valence-corrected chi connectivity index (χ3v) is 5.61. The van der Waals surface area contributed by atoms with Gasteiger partial charge < -0.3 is 0 Å². The summed E-state index contributed by atoms with van der Waals surface area (Å²) in [6, 6.07) is 4.77. The van der Waals surface area contributed by atoms with Gasteiger partial charge in [-0.2, -0.15) is 13.2 Å². The van der Waals surface area contributed by atoms with Crippen molar-refractivity contribution in [3.05, 3.63) is 56.5 Å². The molecule has 2 aromatic rings. The van der Waals surface area contributed by atoms with Gasteiger partial charge in [0, 0.05) is 5.02 Å². The number of sulfonamides is 1. The van der Waals surface area contributed by atoms with E-state index < -0.39 is 27.5 Å². The van der Waals surface area contributed by atoms with Crippen molar-refractivity contribution in [2.75, 3.05) is 4.72 Å². The summed E-state index contributed by atoms with van der Waals surface area (Å²) < 4.78 is 65.1. The van der Waals surface area contributed by atoms with E-state index in [1.165, 1.54) is 12.1 Å². The zero-order chi connectivity index (χ0) is 18.3.